The van der Waals surface area contributed by atoms with E-state index in [4.69, 9.17) is 23.2 Å². The van der Waals surface area contributed by atoms with Gasteiger partial charge < -0.3 is 5.11 Å². The molecule has 0 radical (unpaired) electrons. The Bertz CT molecular complexity index is 904. The molecular weight excluding hydrogens is 381 g/mol. The van der Waals surface area contributed by atoms with Crippen LogP contribution in [0.1, 0.15) is 50.5 Å². The van der Waals surface area contributed by atoms with Crippen LogP contribution in [0.5, 0.6) is 0 Å². The summed E-state index contributed by atoms with van der Waals surface area (Å²) in [6, 6.07) is 5.65. The van der Waals surface area contributed by atoms with E-state index in [1.807, 2.05) is 12.1 Å². The van der Waals surface area contributed by atoms with Gasteiger partial charge in [0, 0.05) is 20.9 Å². The molecular formula is C21H23Cl2N3O. The maximum Gasteiger partial charge on any atom is 0.137 e. The number of nitrogens with zero attached hydrogens (tertiary/aromatic N) is 3. The largest absolute Gasteiger partial charge is 0.386 e. The fourth-order valence-corrected chi connectivity index (χ4v) is 6.46. The van der Waals surface area contributed by atoms with Crippen LogP contribution in [-0.2, 0) is 6.54 Å². The maximum absolute atomic E-state index is 12.4. The van der Waals surface area contributed by atoms with Gasteiger partial charge in [0.15, 0.2) is 0 Å². The highest BCUT2D eigenvalue weighted by Gasteiger charge is 2.69. The molecule has 4 nitrogen and oxygen atoms in total. The molecule has 1 aromatic carbocycles. The quantitative estimate of drug-likeness (QED) is 0.770. The molecule has 0 saturated heterocycles. The average molecular weight is 404 g/mol. The highest BCUT2D eigenvalue weighted by Crippen LogP contribution is 2.72. The average Bonchev–Trinajstić information content (AvgIpc) is 3.01. The van der Waals surface area contributed by atoms with E-state index < -0.39 is 5.60 Å². The topological polar surface area (TPSA) is 50.9 Å². The standard InChI is InChI=1S/C21H23Cl2N3O/c22-15-4-5-16(18(23)10-15)17-11-20(17)9-3-8-19(6-1-2-7-19)21(20,27)12-26-14-24-13-25-26/h4-5,10-11,13-14,27H,1-3,6-9,12H2. The third kappa shape index (κ3) is 2.46. The first-order chi connectivity index (χ1) is 13.0. The molecule has 2 aromatic rings. The van der Waals surface area contributed by atoms with Gasteiger partial charge >= 0.3 is 0 Å². The van der Waals surface area contributed by atoms with Crippen LogP contribution in [-0.4, -0.2) is 25.5 Å². The van der Waals surface area contributed by atoms with Gasteiger partial charge in [0.1, 0.15) is 18.3 Å². The molecule has 2 spiro atoms. The zero-order chi connectivity index (χ0) is 18.7. The number of benzene rings is 1. The Morgan fingerprint density at radius 1 is 1.07 bits per heavy atom. The van der Waals surface area contributed by atoms with Crippen LogP contribution in [0.2, 0.25) is 10.0 Å². The SMILES string of the molecule is OC1(Cn2cncn2)C2(CCCC2)CCCC12C=C2c1ccc(Cl)cc1Cl. The summed E-state index contributed by atoms with van der Waals surface area (Å²) in [6.07, 6.45) is 13.2. The summed E-state index contributed by atoms with van der Waals surface area (Å²) in [4.78, 5) is 4.09. The summed E-state index contributed by atoms with van der Waals surface area (Å²) in [5.74, 6) is 0. The predicted molar refractivity (Wildman–Crippen MR) is 107 cm³/mol. The van der Waals surface area contributed by atoms with Gasteiger partial charge in [-0.1, -0.05) is 54.6 Å². The van der Waals surface area contributed by atoms with E-state index in [9.17, 15) is 5.11 Å². The van der Waals surface area contributed by atoms with Gasteiger partial charge in [-0.3, -0.25) is 4.68 Å². The van der Waals surface area contributed by atoms with Gasteiger partial charge in [0.05, 0.1) is 6.54 Å². The van der Waals surface area contributed by atoms with E-state index in [0.717, 1.165) is 43.2 Å². The number of halogens is 2. The second kappa shape index (κ2) is 6.07. The van der Waals surface area contributed by atoms with Gasteiger partial charge in [-0.05, 0) is 49.0 Å². The fourth-order valence-electron chi connectivity index (χ4n) is 5.95. The Labute approximate surface area is 169 Å². The van der Waals surface area contributed by atoms with Crippen LogP contribution in [0.15, 0.2) is 36.9 Å². The molecule has 1 heterocycles. The molecule has 6 heteroatoms. The highest BCUT2D eigenvalue weighted by molar-refractivity contribution is 6.36. The van der Waals surface area contributed by atoms with Gasteiger partial charge in [0.2, 0.25) is 0 Å². The van der Waals surface area contributed by atoms with E-state index >= 15 is 0 Å². The first kappa shape index (κ1) is 17.7. The van der Waals surface area contributed by atoms with Crippen molar-refractivity contribution in [3.8, 4) is 0 Å². The molecule has 1 N–H and O–H groups in total. The minimum Gasteiger partial charge on any atom is -0.386 e. The Morgan fingerprint density at radius 2 is 1.85 bits per heavy atom. The molecule has 2 saturated carbocycles. The number of rotatable bonds is 3. The normalized spacial score (nSPS) is 31.4. The Balaban J connectivity index is 1.58. The van der Waals surface area contributed by atoms with Gasteiger partial charge in [0.25, 0.3) is 0 Å². The van der Waals surface area contributed by atoms with E-state index in [-0.39, 0.29) is 10.8 Å². The molecule has 142 valence electrons. The lowest BCUT2D eigenvalue weighted by Gasteiger charge is -2.55. The van der Waals surface area contributed by atoms with E-state index in [1.165, 1.54) is 19.2 Å². The Hall–Kier alpha value is -1.36. The number of aliphatic hydroxyl groups is 1. The lowest BCUT2D eigenvalue weighted by atomic mass is 9.53. The number of hydrogen-bond donors (Lipinski definition) is 1. The maximum atomic E-state index is 12.4. The molecule has 3 aliphatic rings. The summed E-state index contributed by atoms with van der Waals surface area (Å²) in [6.45, 7) is 0.470. The lowest BCUT2D eigenvalue weighted by Crippen LogP contribution is -2.60. The van der Waals surface area contributed by atoms with E-state index in [1.54, 1.807) is 17.1 Å². The van der Waals surface area contributed by atoms with Crippen LogP contribution in [0.3, 0.4) is 0 Å². The van der Waals surface area contributed by atoms with Gasteiger partial charge in [-0.15, -0.1) is 0 Å². The molecule has 0 aliphatic heterocycles. The highest BCUT2D eigenvalue weighted by atomic mass is 35.5. The first-order valence-corrected chi connectivity index (χ1v) is 10.5. The molecule has 2 unspecified atom stereocenters. The summed E-state index contributed by atoms with van der Waals surface area (Å²) < 4.78 is 1.79. The van der Waals surface area contributed by atoms with Crippen molar-refractivity contribution in [2.45, 2.75) is 57.1 Å². The van der Waals surface area contributed by atoms with Crippen LogP contribution in [0.4, 0.5) is 0 Å². The second-order valence-corrected chi connectivity index (χ2v) is 9.29. The van der Waals surface area contributed by atoms with E-state index in [2.05, 4.69) is 16.2 Å². The predicted octanol–water partition coefficient (Wildman–Crippen LogP) is 5.14. The Morgan fingerprint density at radius 3 is 2.56 bits per heavy atom. The van der Waals surface area contributed by atoms with Crippen molar-refractivity contribution >= 4 is 28.8 Å². The summed E-state index contributed by atoms with van der Waals surface area (Å²) >= 11 is 12.6. The molecule has 2 fully saturated rings. The lowest BCUT2D eigenvalue weighted by molar-refractivity contribution is -0.163. The number of aromatic nitrogens is 3. The van der Waals surface area contributed by atoms with E-state index in [0.29, 0.717) is 16.6 Å². The van der Waals surface area contributed by atoms with Gasteiger partial charge in [-0.2, -0.15) is 5.10 Å². The van der Waals surface area contributed by atoms with Crippen molar-refractivity contribution in [1.29, 1.82) is 0 Å². The summed E-state index contributed by atoms with van der Waals surface area (Å²) in [7, 11) is 0. The third-order valence-electron chi connectivity index (χ3n) is 7.27. The fraction of sp³-hybridized carbons (Fsp3) is 0.524. The van der Waals surface area contributed by atoms with Crippen LogP contribution >= 0.6 is 23.2 Å². The zero-order valence-corrected chi connectivity index (χ0v) is 16.7. The van der Waals surface area contributed by atoms with Crippen molar-refractivity contribution in [3.63, 3.8) is 0 Å². The van der Waals surface area contributed by atoms with Crippen LogP contribution < -0.4 is 0 Å². The monoisotopic (exact) mass is 403 g/mol. The molecule has 5 rings (SSSR count). The van der Waals surface area contributed by atoms with Crippen LogP contribution in [0.25, 0.3) is 5.57 Å². The minimum absolute atomic E-state index is 0.0612. The summed E-state index contributed by atoms with van der Waals surface area (Å²) in [5.41, 5.74) is 0.888. The second-order valence-electron chi connectivity index (χ2n) is 8.45. The third-order valence-corrected chi connectivity index (χ3v) is 7.82. The van der Waals surface area contributed by atoms with Crippen LogP contribution in [0, 0.1) is 10.8 Å². The molecule has 1 aromatic heterocycles. The van der Waals surface area contributed by atoms with Crippen molar-refractivity contribution in [1.82, 2.24) is 14.8 Å². The van der Waals surface area contributed by atoms with Crippen molar-refractivity contribution in [2.75, 3.05) is 0 Å². The Kier molecular flexibility index (Phi) is 3.98. The smallest absolute Gasteiger partial charge is 0.137 e. The van der Waals surface area contributed by atoms with Gasteiger partial charge in [-0.25, -0.2) is 4.98 Å². The molecule has 0 bridgehead atoms. The van der Waals surface area contributed by atoms with Crippen molar-refractivity contribution < 1.29 is 5.11 Å². The first-order valence-electron chi connectivity index (χ1n) is 9.73. The van der Waals surface area contributed by atoms with Crippen molar-refractivity contribution in [2.24, 2.45) is 10.8 Å². The molecule has 27 heavy (non-hydrogen) atoms. The summed E-state index contributed by atoms with van der Waals surface area (Å²) in [5, 5.41) is 17.9. The van der Waals surface area contributed by atoms with Crippen molar-refractivity contribution in [3.05, 3.63) is 52.5 Å². The zero-order valence-electron chi connectivity index (χ0n) is 15.2. The number of hydrogen-bond acceptors (Lipinski definition) is 3. The molecule has 3 aliphatic carbocycles. The molecule has 2 atom stereocenters. The molecule has 0 amide bonds. The minimum atomic E-state index is -0.874.